The normalized spacial score (nSPS) is 30.6. The summed E-state index contributed by atoms with van der Waals surface area (Å²) in [6.45, 7) is 2.20. The molecule has 2 amide bonds. The summed E-state index contributed by atoms with van der Waals surface area (Å²) < 4.78 is 5.11. The monoisotopic (exact) mass is 416 g/mol. The van der Waals surface area contributed by atoms with Crippen molar-refractivity contribution in [2.75, 3.05) is 23.9 Å². The van der Waals surface area contributed by atoms with E-state index < -0.39 is 0 Å². The highest BCUT2D eigenvalue weighted by molar-refractivity contribution is 8.00. The quantitative estimate of drug-likeness (QED) is 0.670. The minimum absolute atomic E-state index is 0.0514. The third-order valence-electron chi connectivity index (χ3n) is 7.22. The van der Waals surface area contributed by atoms with E-state index in [0.717, 1.165) is 29.2 Å². The maximum Gasteiger partial charge on any atom is 0.234 e. The molecule has 2 N–H and O–H groups in total. The molecule has 4 aliphatic rings. The molecule has 4 aliphatic carbocycles. The van der Waals surface area contributed by atoms with E-state index in [0.29, 0.717) is 11.2 Å². The van der Waals surface area contributed by atoms with Crippen molar-refractivity contribution in [1.29, 1.82) is 0 Å². The van der Waals surface area contributed by atoms with Gasteiger partial charge in [-0.05, 0) is 92.9 Å². The van der Waals surface area contributed by atoms with Gasteiger partial charge >= 0.3 is 0 Å². The lowest BCUT2D eigenvalue weighted by Crippen LogP contribution is -2.56. The predicted octanol–water partition coefficient (Wildman–Crippen LogP) is 4.09. The molecule has 0 aliphatic heterocycles. The summed E-state index contributed by atoms with van der Waals surface area (Å²) >= 11 is 1.37. The van der Waals surface area contributed by atoms with Gasteiger partial charge in [0.2, 0.25) is 11.8 Å². The van der Waals surface area contributed by atoms with Crippen LogP contribution in [0.15, 0.2) is 24.3 Å². The van der Waals surface area contributed by atoms with E-state index in [1.807, 2.05) is 12.1 Å². The minimum Gasteiger partial charge on any atom is -0.497 e. The van der Waals surface area contributed by atoms with Crippen LogP contribution < -0.4 is 15.4 Å². The summed E-state index contributed by atoms with van der Waals surface area (Å²) in [5.41, 5.74) is 1.05. The fourth-order valence-corrected chi connectivity index (χ4v) is 6.88. The zero-order chi connectivity index (χ0) is 20.4. The molecule has 6 heteroatoms. The van der Waals surface area contributed by atoms with E-state index in [1.165, 1.54) is 50.3 Å². The minimum atomic E-state index is -0.0953. The number of ether oxygens (including phenoxy) is 1. The Kier molecular flexibility index (Phi) is 6.09. The molecule has 4 saturated carbocycles. The Hall–Kier alpha value is -1.69. The number of methoxy groups -OCH3 is 1. The zero-order valence-electron chi connectivity index (χ0n) is 17.4. The molecule has 158 valence electrons. The van der Waals surface area contributed by atoms with Crippen molar-refractivity contribution in [1.82, 2.24) is 5.32 Å². The Balaban J connectivity index is 1.19. The number of carbonyl (C=O) groups excluding carboxylic acids is 2. The fourth-order valence-electron chi connectivity index (χ4n) is 6.25. The van der Waals surface area contributed by atoms with Crippen LogP contribution in [0.4, 0.5) is 5.69 Å². The first kappa shape index (κ1) is 20.6. The lowest BCUT2D eigenvalue weighted by atomic mass is 9.48. The second kappa shape index (κ2) is 8.58. The Morgan fingerprint density at radius 3 is 2.14 bits per heavy atom. The van der Waals surface area contributed by atoms with E-state index in [2.05, 4.69) is 17.6 Å². The first-order valence-corrected chi connectivity index (χ1v) is 11.9. The van der Waals surface area contributed by atoms with Crippen molar-refractivity contribution < 1.29 is 14.3 Å². The van der Waals surface area contributed by atoms with Crippen molar-refractivity contribution in [3.63, 3.8) is 0 Å². The van der Waals surface area contributed by atoms with Gasteiger partial charge in [-0.3, -0.25) is 9.59 Å². The van der Waals surface area contributed by atoms with Crippen LogP contribution in [0, 0.1) is 23.2 Å². The first-order valence-electron chi connectivity index (χ1n) is 10.8. The van der Waals surface area contributed by atoms with Crippen LogP contribution >= 0.6 is 11.8 Å². The van der Waals surface area contributed by atoms with Crippen molar-refractivity contribution in [3.8, 4) is 5.75 Å². The molecular weight excluding hydrogens is 384 g/mol. The molecule has 5 rings (SSSR count). The molecule has 4 bridgehead atoms. The predicted molar refractivity (Wildman–Crippen MR) is 117 cm³/mol. The molecule has 0 spiro atoms. The zero-order valence-corrected chi connectivity index (χ0v) is 18.2. The maximum absolute atomic E-state index is 12.5. The average molecular weight is 417 g/mol. The number of amides is 2. The lowest BCUT2D eigenvalue weighted by molar-refractivity contribution is -0.123. The van der Waals surface area contributed by atoms with Crippen LogP contribution in [0.5, 0.6) is 5.75 Å². The molecule has 4 fully saturated rings. The largest absolute Gasteiger partial charge is 0.497 e. The van der Waals surface area contributed by atoms with Crippen molar-refractivity contribution >= 4 is 29.3 Å². The third kappa shape index (κ3) is 4.73. The number of carbonyl (C=O) groups is 2. The fraction of sp³-hybridized carbons (Fsp3) is 0.652. The van der Waals surface area contributed by atoms with Gasteiger partial charge in [-0.25, -0.2) is 0 Å². The number of thioether (sulfide) groups is 1. The maximum atomic E-state index is 12.5. The van der Waals surface area contributed by atoms with E-state index in [-0.39, 0.29) is 23.6 Å². The second-order valence-corrected chi connectivity index (χ2v) is 10.3. The van der Waals surface area contributed by atoms with Crippen LogP contribution in [-0.4, -0.2) is 36.5 Å². The molecule has 0 aromatic heterocycles. The lowest BCUT2D eigenvalue weighted by Gasteiger charge is -2.59. The van der Waals surface area contributed by atoms with Gasteiger partial charge in [0.25, 0.3) is 0 Å². The molecule has 0 saturated heterocycles. The number of hydrogen-bond acceptors (Lipinski definition) is 4. The highest BCUT2D eigenvalue weighted by Gasteiger charge is 2.53. The second-order valence-electron chi connectivity index (χ2n) is 9.34. The molecule has 29 heavy (non-hydrogen) atoms. The molecule has 1 aromatic carbocycles. The number of rotatable bonds is 8. The summed E-state index contributed by atoms with van der Waals surface area (Å²) in [6, 6.07) is 7.46. The van der Waals surface area contributed by atoms with Crippen LogP contribution in [-0.2, 0) is 9.59 Å². The van der Waals surface area contributed by atoms with Gasteiger partial charge in [-0.1, -0.05) is 0 Å². The van der Waals surface area contributed by atoms with E-state index in [4.69, 9.17) is 4.74 Å². The molecular formula is C23H32N2O3S. The average Bonchev–Trinajstić information content (AvgIpc) is 2.67. The van der Waals surface area contributed by atoms with Crippen molar-refractivity contribution in [2.24, 2.45) is 23.2 Å². The molecule has 0 heterocycles. The van der Waals surface area contributed by atoms with Crippen molar-refractivity contribution in [2.45, 2.75) is 51.5 Å². The first-order chi connectivity index (χ1) is 14.0. The van der Waals surface area contributed by atoms with Gasteiger partial charge in [0, 0.05) is 11.7 Å². The van der Waals surface area contributed by atoms with Gasteiger partial charge in [0.15, 0.2) is 0 Å². The molecule has 1 atom stereocenters. The topological polar surface area (TPSA) is 67.4 Å². The SMILES string of the molecule is COc1ccc(NC(=O)CSCC(=O)N[C@@H](C)C23CC4CC(CC(C4)C2)C3)cc1. The number of benzene rings is 1. The summed E-state index contributed by atoms with van der Waals surface area (Å²) in [6.07, 6.45) is 8.12. The summed E-state index contributed by atoms with van der Waals surface area (Å²) in [4.78, 5) is 24.6. The molecule has 0 unspecified atom stereocenters. The van der Waals surface area contributed by atoms with Crippen molar-refractivity contribution in [3.05, 3.63) is 24.3 Å². The Morgan fingerprint density at radius 1 is 1.03 bits per heavy atom. The van der Waals surface area contributed by atoms with Crippen LogP contribution in [0.1, 0.15) is 45.4 Å². The van der Waals surface area contributed by atoms with E-state index in [9.17, 15) is 9.59 Å². The van der Waals surface area contributed by atoms with E-state index >= 15 is 0 Å². The summed E-state index contributed by atoms with van der Waals surface area (Å²) in [7, 11) is 1.61. The van der Waals surface area contributed by atoms with Crippen LogP contribution in [0.3, 0.4) is 0 Å². The highest BCUT2D eigenvalue weighted by Crippen LogP contribution is 2.61. The molecule has 5 nitrogen and oxygen atoms in total. The Bertz CT molecular complexity index is 714. The van der Waals surface area contributed by atoms with Gasteiger partial charge in [-0.2, -0.15) is 0 Å². The standard InChI is InChI=1S/C23H32N2O3S/c1-15(23-10-16-7-17(11-23)9-18(8-16)12-23)24-21(26)13-29-14-22(27)25-19-3-5-20(28-2)6-4-19/h3-6,15-18H,7-14H2,1-2H3,(H,24,26)(H,25,27)/t15-,16?,17?,18?,23?/m0/s1. The smallest absolute Gasteiger partial charge is 0.234 e. The number of hydrogen-bond donors (Lipinski definition) is 2. The van der Waals surface area contributed by atoms with Gasteiger partial charge in [0.1, 0.15) is 5.75 Å². The number of anilines is 1. The third-order valence-corrected chi connectivity index (χ3v) is 8.15. The Morgan fingerprint density at radius 2 is 1.59 bits per heavy atom. The van der Waals surface area contributed by atoms with Crippen LogP contribution in [0.25, 0.3) is 0 Å². The highest BCUT2D eigenvalue weighted by atomic mass is 32.2. The van der Waals surface area contributed by atoms with Crippen LogP contribution in [0.2, 0.25) is 0 Å². The van der Waals surface area contributed by atoms with Gasteiger partial charge < -0.3 is 15.4 Å². The van der Waals surface area contributed by atoms with Gasteiger partial charge in [0.05, 0.1) is 18.6 Å². The molecule has 0 radical (unpaired) electrons. The summed E-state index contributed by atoms with van der Waals surface area (Å²) in [5.74, 6) is 3.96. The summed E-state index contributed by atoms with van der Waals surface area (Å²) in [5, 5.41) is 6.12. The molecule has 1 aromatic rings. The number of nitrogens with one attached hydrogen (secondary N) is 2. The van der Waals surface area contributed by atoms with E-state index in [1.54, 1.807) is 19.2 Å². The van der Waals surface area contributed by atoms with Gasteiger partial charge in [-0.15, -0.1) is 11.8 Å². The Labute approximate surface area is 177 Å².